The smallest absolute Gasteiger partial charge is 0.167 e. The van der Waals surface area contributed by atoms with Gasteiger partial charge in [-0.2, -0.15) is 0 Å². The predicted molar refractivity (Wildman–Crippen MR) is 72.6 cm³/mol. The fraction of sp³-hybridized carbons (Fsp3) is 0.400. The highest BCUT2D eigenvalue weighted by molar-refractivity contribution is 5.79. The third kappa shape index (κ3) is 2.06. The number of hydrogen-bond acceptors (Lipinski definition) is 3. The van der Waals surface area contributed by atoms with Crippen molar-refractivity contribution < 1.29 is 4.52 Å². The summed E-state index contributed by atoms with van der Waals surface area (Å²) in [4.78, 5) is 2.44. The number of aromatic nitrogens is 1. The number of hydrogen-bond donors (Lipinski definition) is 0. The Kier molecular flexibility index (Phi) is 3.15. The van der Waals surface area contributed by atoms with Crippen LogP contribution in [-0.2, 0) is 0 Å². The van der Waals surface area contributed by atoms with Crippen LogP contribution in [0.4, 0.5) is 0 Å². The minimum absolute atomic E-state index is 0.537. The molecule has 1 aromatic carbocycles. The summed E-state index contributed by atoms with van der Waals surface area (Å²) < 4.78 is 5.40. The first-order chi connectivity index (χ1) is 8.88. The molecule has 0 amide bonds. The molecule has 1 aliphatic rings. The Labute approximate surface area is 107 Å². The van der Waals surface area contributed by atoms with E-state index in [9.17, 15) is 0 Å². The molecule has 2 aromatic rings. The van der Waals surface area contributed by atoms with E-state index < -0.39 is 0 Å². The van der Waals surface area contributed by atoms with Crippen molar-refractivity contribution in [2.24, 2.45) is 0 Å². The summed E-state index contributed by atoms with van der Waals surface area (Å²) in [5, 5.41) is 5.46. The number of fused-ring (bicyclic) bond motifs is 1. The zero-order valence-corrected chi connectivity index (χ0v) is 10.5. The van der Waals surface area contributed by atoms with Gasteiger partial charge in [0, 0.05) is 17.8 Å². The molecule has 0 spiro atoms. The van der Waals surface area contributed by atoms with E-state index in [2.05, 4.69) is 28.8 Å². The molecule has 0 N–H and O–H groups in total. The van der Waals surface area contributed by atoms with Crippen molar-refractivity contribution in [1.29, 1.82) is 0 Å². The molecule has 0 atom stereocenters. The average molecular weight is 242 g/mol. The zero-order chi connectivity index (χ0) is 12.4. The molecule has 3 rings (SSSR count). The summed E-state index contributed by atoms with van der Waals surface area (Å²) in [5.41, 5.74) is 2.05. The standard InChI is InChI=1S/C15H18N2O/c1-2-9-17-10-7-12(8-11-17)15-13-5-3-4-6-14(13)18-16-15/h2-6,12H,1,7-11H2. The molecule has 0 unspecified atom stereocenters. The van der Waals surface area contributed by atoms with Crippen LogP contribution in [0.2, 0.25) is 0 Å². The van der Waals surface area contributed by atoms with E-state index >= 15 is 0 Å². The molecular formula is C15H18N2O. The molecule has 0 bridgehead atoms. The van der Waals surface area contributed by atoms with Crippen LogP contribution in [0.3, 0.4) is 0 Å². The minimum atomic E-state index is 0.537. The van der Waals surface area contributed by atoms with Gasteiger partial charge in [0.15, 0.2) is 5.58 Å². The largest absolute Gasteiger partial charge is 0.356 e. The maximum absolute atomic E-state index is 5.40. The SMILES string of the molecule is C=CCN1CCC(c2noc3ccccc23)CC1. The van der Waals surface area contributed by atoms with Crippen LogP contribution in [0.5, 0.6) is 0 Å². The summed E-state index contributed by atoms with van der Waals surface area (Å²) in [6.45, 7) is 7.03. The molecular weight excluding hydrogens is 224 g/mol. The van der Waals surface area contributed by atoms with Gasteiger partial charge >= 0.3 is 0 Å². The van der Waals surface area contributed by atoms with Gasteiger partial charge in [-0.3, -0.25) is 4.90 Å². The van der Waals surface area contributed by atoms with Gasteiger partial charge in [0.2, 0.25) is 0 Å². The number of nitrogens with zero attached hydrogens (tertiary/aromatic N) is 2. The Hall–Kier alpha value is -1.61. The zero-order valence-electron chi connectivity index (χ0n) is 10.5. The topological polar surface area (TPSA) is 29.3 Å². The van der Waals surface area contributed by atoms with Crippen LogP contribution in [0, 0.1) is 0 Å². The number of piperidine rings is 1. The number of likely N-dealkylation sites (tertiary alicyclic amines) is 1. The fourth-order valence-corrected chi connectivity index (χ4v) is 2.77. The second-order valence-electron chi connectivity index (χ2n) is 4.93. The Morgan fingerprint density at radius 3 is 2.89 bits per heavy atom. The van der Waals surface area contributed by atoms with Crippen LogP contribution < -0.4 is 0 Å². The van der Waals surface area contributed by atoms with E-state index in [1.807, 2.05) is 18.2 Å². The van der Waals surface area contributed by atoms with Crippen molar-refractivity contribution in [2.75, 3.05) is 19.6 Å². The van der Waals surface area contributed by atoms with Crippen molar-refractivity contribution in [2.45, 2.75) is 18.8 Å². The lowest BCUT2D eigenvalue weighted by Crippen LogP contribution is -2.33. The second kappa shape index (κ2) is 4.94. The predicted octanol–water partition coefficient (Wildman–Crippen LogP) is 3.19. The lowest BCUT2D eigenvalue weighted by atomic mass is 9.91. The Morgan fingerprint density at radius 2 is 2.11 bits per heavy atom. The van der Waals surface area contributed by atoms with Gasteiger partial charge in [-0.15, -0.1) is 6.58 Å². The first-order valence-corrected chi connectivity index (χ1v) is 6.56. The van der Waals surface area contributed by atoms with Gasteiger partial charge in [0.25, 0.3) is 0 Å². The van der Waals surface area contributed by atoms with E-state index in [0.29, 0.717) is 5.92 Å². The molecule has 1 aliphatic heterocycles. The lowest BCUT2D eigenvalue weighted by molar-refractivity contribution is 0.229. The van der Waals surface area contributed by atoms with E-state index in [1.54, 1.807) is 0 Å². The monoisotopic (exact) mass is 242 g/mol. The van der Waals surface area contributed by atoms with Gasteiger partial charge in [-0.1, -0.05) is 23.4 Å². The number of benzene rings is 1. The normalized spacial score (nSPS) is 18.2. The van der Waals surface area contributed by atoms with Crippen molar-refractivity contribution in [3.8, 4) is 0 Å². The van der Waals surface area contributed by atoms with Crippen molar-refractivity contribution in [3.05, 3.63) is 42.6 Å². The maximum atomic E-state index is 5.40. The van der Waals surface area contributed by atoms with Crippen molar-refractivity contribution in [1.82, 2.24) is 10.1 Å². The van der Waals surface area contributed by atoms with Gasteiger partial charge < -0.3 is 4.52 Å². The van der Waals surface area contributed by atoms with Gasteiger partial charge in [-0.25, -0.2) is 0 Å². The van der Waals surface area contributed by atoms with Crippen LogP contribution >= 0.6 is 0 Å². The van der Waals surface area contributed by atoms with E-state index in [1.165, 1.54) is 5.39 Å². The Balaban J connectivity index is 1.78. The van der Waals surface area contributed by atoms with Crippen LogP contribution in [0.15, 0.2) is 41.4 Å². The molecule has 1 fully saturated rings. The third-order valence-electron chi connectivity index (χ3n) is 3.77. The van der Waals surface area contributed by atoms with Gasteiger partial charge in [0.1, 0.15) is 0 Å². The van der Waals surface area contributed by atoms with Crippen LogP contribution in [-0.4, -0.2) is 29.7 Å². The third-order valence-corrected chi connectivity index (χ3v) is 3.77. The number of para-hydroxylation sites is 1. The van der Waals surface area contributed by atoms with Crippen molar-refractivity contribution >= 4 is 11.0 Å². The molecule has 18 heavy (non-hydrogen) atoms. The van der Waals surface area contributed by atoms with Crippen LogP contribution in [0.25, 0.3) is 11.0 Å². The van der Waals surface area contributed by atoms with Crippen LogP contribution in [0.1, 0.15) is 24.5 Å². The van der Waals surface area contributed by atoms with E-state index in [4.69, 9.17) is 4.52 Å². The fourth-order valence-electron chi connectivity index (χ4n) is 2.77. The summed E-state index contributed by atoms with van der Waals surface area (Å²) in [6.07, 6.45) is 4.29. The molecule has 1 saturated heterocycles. The molecule has 3 nitrogen and oxygen atoms in total. The van der Waals surface area contributed by atoms with E-state index in [0.717, 1.165) is 43.8 Å². The summed E-state index contributed by atoms with van der Waals surface area (Å²) in [6, 6.07) is 8.13. The van der Waals surface area contributed by atoms with Crippen molar-refractivity contribution in [3.63, 3.8) is 0 Å². The lowest BCUT2D eigenvalue weighted by Gasteiger charge is -2.30. The quantitative estimate of drug-likeness (QED) is 0.774. The molecule has 0 saturated carbocycles. The second-order valence-corrected chi connectivity index (χ2v) is 4.93. The van der Waals surface area contributed by atoms with E-state index in [-0.39, 0.29) is 0 Å². The molecule has 3 heteroatoms. The molecule has 1 aromatic heterocycles. The first-order valence-electron chi connectivity index (χ1n) is 6.56. The summed E-state index contributed by atoms with van der Waals surface area (Å²) in [5.74, 6) is 0.537. The molecule has 2 heterocycles. The highest BCUT2D eigenvalue weighted by Gasteiger charge is 2.24. The molecule has 94 valence electrons. The number of rotatable bonds is 3. The summed E-state index contributed by atoms with van der Waals surface area (Å²) in [7, 11) is 0. The Bertz CT molecular complexity index is 538. The minimum Gasteiger partial charge on any atom is -0.356 e. The van der Waals surface area contributed by atoms with Gasteiger partial charge in [-0.05, 0) is 38.1 Å². The highest BCUT2D eigenvalue weighted by Crippen LogP contribution is 2.32. The highest BCUT2D eigenvalue weighted by atomic mass is 16.5. The molecule has 0 aliphatic carbocycles. The summed E-state index contributed by atoms with van der Waals surface area (Å²) >= 11 is 0. The Morgan fingerprint density at radius 1 is 1.33 bits per heavy atom. The average Bonchev–Trinajstić information content (AvgIpc) is 2.84. The first kappa shape index (κ1) is 11.5. The van der Waals surface area contributed by atoms with Gasteiger partial charge in [0.05, 0.1) is 5.69 Å². The molecule has 0 radical (unpaired) electrons. The maximum Gasteiger partial charge on any atom is 0.167 e.